The highest BCUT2D eigenvalue weighted by Gasteiger charge is 2.25. The van der Waals surface area contributed by atoms with Crippen LogP contribution in [0.1, 0.15) is 64.6 Å². The second-order valence-corrected chi connectivity index (χ2v) is 7.00. The summed E-state index contributed by atoms with van der Waals surface area (Å²) in [5.41, 5.74) is 3.15. The molecule has 1 saturated carbocycles. The van der Waals surface area contributed by atoms with E-state index in [0.717, 1.165) is 0 Å². The lowest BCUT2D eigenvalue weighted by Gasteiger charge is -2.30. The van der Waals surface area contributed by atoms with Crippen molar-refractivity contribution in [1.29, 1.82) is 0 Å². The van der Waals surface area contributed by atoms with Gasteiger partial charge < -0.3 is 4.57 Å². The maximum absolute atomic E-state index is 2.65. The lowest BCUT2D eigenvalue weighted by molar-refractivity contribution is 0.341. The highest BCUT2D eigenvalue weighted by molar-refractivity contribution is 5.81. The number of hydrogen-bond acceptors (Lipinski definition) is 0. The van der Waals surface area contributed by atoms with Crippen LogP contribution in [0.15, 0.2) is 30.3 Å². The van der Waals surface area contributed by atoms with Gasteiger partial charge in [-0.3, -0.25) is 0 Å². The summed E-state index contributed by atoms with van der Waals surface area (Å²) in [5.74, 6) is 0. The molecule has 0 amide bonds. The van der Waals surface area contributed by atoms with E-state index in [-0.39, 0.29) is 5.41 Å². The fraction of sp³-hybridized carbons (Fsp3) is 0.556. The number of hydrogen-bond donors (Lipinski definition) is 0. The van der Waals surface area contributed by atoms with Crippen molar-refractivity contribution >= 4 is 10.9 Å². The summed E-state index contributed by atoms with van der Waals surface area (Å²) in [6.07, 6.45) is 6.89. The Labute approximate surface area is 116 Å². The van der Waals surface area contributed by atoms with Crippen molar-refractivity contribution in [3.8, 4) is 0 Å². The quantitative estimate of drug-likeness (QED) is 0.639. The van der Waals surface area contributed by atoms with E-state index in [1.165, 1.54) is 48.7 Å². The molecule has 2 aromatic rings. The minimum absolute atomic E-state index is 0.219. The molecule has 1 fully saturated rings. The molecule has 1 aromatic carbocycles. The standard InChI is InChI=1S/C18H25N/c1-18(2,3)17-13-14-9-7-8-12-16(14)19(17)15-10-5-4-6-11-15/h7-9,12-13,15H,4-6,10-11H2,1-3H3. The number of benzene rings is 1. The van der Waals surface area contributed by atoms with Gasteiger partial charge in [-0.15, -0.1) is 0 Å². The molecule has 19 heavy (non-hydrogen) atoms. The Kier molecular flexibility index (Phi) is 3.16. The monoisotopic (exact) mass is 255 g/mol. The average Bonchev–Trinajstić information content (AvgIpc) is 2.79. The first-order valence-corrected chi connectivity index (χ1v) is 7.68. The van der Waals surface area contributed by atoms with Gasteiger partial charge >= 0.3 is 0 Å². The van der Waals surface area contributed by atoms with Crippen LogP contribution >= 0.6 is 0 Å². The van der Waals surface area contributed by atoms with Gasteiger partial charge in [-0.05, 0) is 30.4 Å². The maximum atomic E-state index is 2.65. The van der Waals surface area contributed by atoms with Gasteiger partial charge in [0.25, 0.3) is 0 Å². The molecule has 0 saturated heterocycles. The fourth-order valence-corrected chi connectivity index (χ4v) is 3.49. The third-order valence-corrected chi connectivity index (χ3v) is 4.46. The minimum Gasteiger partial charge on any atom is -0.341 e. The van der Waals surface area contributed by atoms with E-state index in [4.69, 9.17) is 0 Å². The topological polar surface area (TPSA) is 4.93 Å². The van der Waals surface area contributed by atoms with Crippen LogP contribution in [0.3, 0.4) is 0 Å². The van der Waals surface area contributed by atoms with E-state index in [2.05, 4.69) is 55.7 Å². The van der Waals surface area contributed by atoms with Crippen LogP contribution in [0.25, 0.3) is 10.9 Å². The summed E-state index contributed by atoms with van der Waals surface area (Å²) in [4.78, 5) is 0. The largest absolute Gasteiger partial charge is 0.341 e. The zero-order chi connectivity index (χ0) is 13.5. The van der Waals surface area contributed by atoms with E-state index in [1.54, 1.807) is 0 Å². The molecular formula is C18H25N. The molecule has 1 aromatic heterocycles. The maximum Gasteiger partial charge on any atom is 0.0485 e. The Morgan fingerprint density at radius 3 is 2.37 bits per heavy atom. The zero-order valence-corrected chi connectivity index (χ0v) is 12.4. The van der Waals surface area contributed by atoms with Gasteiger partial charge in [-0.25, -0.2) is 0 Å². The van der Waals surface area contributed by atoms with Crippen LogP contribution in [0.5, 0.6) is 0 Å². The predicted octanol–water partition coefficient (Wildman–Crippen LogP) is 5.44. The molecular weight excluding hydrogens is 230 g/mol. The van der Waals surface area contributed by atoms with Gasteiger partial charge in [0.05, 0.1) is 0 Å². The number of fused-ring (bicyclic) bond motifs is 1. The van der Waals surface area contributed by atoms with E-state index in [9.17, 15) is 0 Å². The molecule has 1 heteroatoms. The highest BCUT2D eigenvalue weighted by Crippen LogP contribution is 2.37. The van der Waals surface area contributed by atoms with Crippen molar-refractivity contribution in [3.63, 3.8) is 0 Å². The SMILES string of the molecule is CC(C)(C)c1cc2ccccc2n1C1CCCCC1. The Bertz CT molecular complexity index is 565. The Morgan fingerprint density at radius 1 is 1.00 bits per heavy atom. The number of para-hydroxylation sites is 1. The van der Waals surface area contributed by atoms with Crippen molar-refractivity contribution in [2.24, 2.45) is 0 Å². The normalized spacial score (nSPS) is 18.1. The summed E-state index contributed by atoms with van der Waals surface area (Å²) in [6, 6.07) is 12.0. The van der Waals surface area contributed by atoms with Gasteiger partial charge in [0, 0.05) is 22.7 Å². The van der Waals surface area contributed by atoms with Gasteiger partial charge in [-0.2, -0.15) is 0 Å². The molecule has 0 spiro atoms. The van der Waals surface area contributed by atoms with Crippen molar-refractivity contribution in [2.45, 2.75) is 64.3 Å². The van der Waals surface area contributed by atoms with Gasteiger partial charge in [0.1, 0.15) is 0 Å². The summed E-state index contributed by atoms with van der Waals surface area (Å²) in [5, 5.41) is 1.40. The second kappa shape index (κ2) is 4.70. The predicted molar refractivity (Wildman–Crippen MR) is 82.8 cm³/mol. The van der Waals surface area contributed by atoms with Crippen molar-refractivity contribution in [3.05, 3.63) is 36.0 Å². The smallest absolute Gasteiger partial charge is 0.0485 e. The van der Waals surface area contributed by atoms with E-state index in [0.29, 0.717) is 6.04 Å². The number of aromatic nitrogens is 1. The molecule has 1 aliphatic rings. The van der Waals surface area contributed by atoms with E-state index >= 15 is 0 Å². The first kappa shape index (κ1) is 12.8. The van der Waals surface area contributed by atoms with Crippen LogP contribution in [0, 0.1) is 0 Å². The van der Waals surface area contributed by atoms with Gasteiger partial charge in [0.2, 0.25) is 0 Å². The summed E-state index contributed by atoms with van der Waals surface area (Å²) < 4.78 is 2.65. The minimum atomic E-state index is 0.219. The molecule has 1 aliphatic carbocycles. The molecule has 3 rings (SSSR count). The molecule has 0 bridgehead atoms. The fourth-order valence-electron chi connectivity index (χ4n) is 3.49. The van der Waals surface area contributed by atoms with Crippen molar-refractivity contribution in [2.75, 3.05) is 0 Å². The Balaban J connectivity index is 2.18. The Hall–Kier alpha value is -1.24. The first-order chi connectivity index (χ1) is 9.07. The lowest BCUT2D eigenvalue weighted by Crippen LogP contribution is -2.22. The van der Waals surface area contributed by atoms with E-state index in [1.807, 2.05) is 0 Å². The zero-order valence-electron chi connectivity index (χ0n) is 12.4. The van der Waals surface area contributed by atoms with Crippen molar-refractivity contribution in [1.82, 2.24) is 4.57 Å². The molecule has 1 nitrogen and oxygen atoms in total. The van der Waals surface area contributed by atoms with Crippen LogP contribution in [-0.2, 0) is 5.41 Å². The van der Waals surface area contributed by atoms with Crippen LogP contribution < -0.4 is 0 Å². The van der Waals surface area contributed by atoms with E-state index < -0.39 is 0 Å². The Morgan fingerprint density at radius 2 is 1.68 bits per heavy atom. The third kappa shape index (κ3) is 2.31. The molecule has 1 heterocycles. The number of nitrogens with zero attached hydrogens (tertiary/aromatic N) is 1. The molecule has 0 atom stereocenters. The molecule has 0 radical (unpaired) electrons. The van der Waals surface area contributed by atoms with Crippen LogP contribution in [-0.4, -0.2) is 4.57 Å². The summed E-state index contributed by atoms with van der Waals surface area (Å²) >= 11 is 0. The second-order valence-electron chi connectivity index (χ2n) is 7.00. The average molecular weight is 255 g/mol. The van der Waals surface area contributed by atoms with Crippen LogP contribution in [0.4, 0.5) is 0 Å². The lowest BCUT2D eigenvalue weighted by atomic mass is 9.89. The molecule has 0 unspecified atom stereocenters. The number of rotatable bonds is 1. The molecule has 0 N–H and O–H groups in total. The van der Waals surface area contributed by atoms with Crippen LogP contribution in [0.2, 0.25) is 0 Å². The highest BCUT2D eigenvalue weighted by atomic mass is 15.0. The molecule has 0 aliphatic heterocycles. The van der Waals surface area contributed by atoms with Gasteiger partial charge in [0.15, 0.2) is 0 Å². The summed E-state index contributed by atoms with van der Waals surface area (Å²) in [6.45, 7) is 7.00. The molecule has 102 valence electrons. The first-order valence-electron chi connectivity index (χ1n) is 7.68. The van der Waals surface area contributed by atoms with Gasteiger partial charge in [-0.1, -0.05) is 58.2 Å². The van der Waals surface area contributed by atoms with Crippen molar-refractivity contribution < 1.29 is 0 Å². The summed E-state index contributed by atoms with van der Waals surface area (Å²) in [7, 11) is 0. The third-order valence-electron chi connectivity index (χ3n) is 4.46.